The first-order chi connectivity index (χ1) is 2.91. The Hall–Kier alpha value is 0.423. The summed E-state index contributed by atoms with van der Waals surface area (Å²) >= 11 is 0. The average molecular weight is 208 g/mol. The van der Waals surface area contributed by atoms with Gasteiger partial charge in [0.2, 0.25) is 0 Å². The molecule has 0 atom stereocenters. The summed E-state index contributed by atoms with van der Waals surface area (Å²) in [6.07, 6.45) is 0. The molecular formula is C3H8CuN3Ni+2. The van der Waals surface area contributed by atoms with Gasteiger partial charge in [0.15, 0.2) is 0 Å². The third-order valence-corrected chi connectivity index (χ3v) is 0.167. The Morgan fingerprint density at radius 1 is 1.12 bits per heavy atom. The molecule has 0 unspecified atom stereocenters. The topological polar surface area (TPSA) is 75.8 Å². The number of hydrogen-bond acceptors (Lipinski definition) is 3. The van der Waals surface area contributed by atoms with E-state index in [0.717, 1.165) is 0 Å². The molecule has 0 aromatic heterocycles. The van der Waals surface area contributed by atoms with Crippen molar-refractivity contribution in [1.82, 2.24) is 0 Å². The minimum Gasteiger partial charge on any atom is -0.512 e. The number of nitrogens with zero attached hydrogens (tertiary/aromatic N) is 1. The molecule has 3 nitrogen and oxygen atoms in total. The van der Waals surface area contributed by atoms with Gasteiger partial charge in [-0.05, 0) is 0 Å². The molecule has 0 heterocycles. The molecule has 0 aromatic rings. The van der Waals surface area contributed by atoms with Gasteiger partial charge in [-0.3, -0.25) is 0 Å². The van der Waals surface area contributed by atoms with Gasteiger partial charge in [-0.25, -0.2) is 0 Å². The van der Waals surface area contributed by atoms with Gasteiger partial charge in [0.1, 0.15) is 0 Å². The molecular weight excluding hydrogens is 200 g/mol. The summed E-state index contributed by atoms with van der Waals surface area (Å²) in [6, 6.07) is 0. The van der Waals surface area contributed by atoms with E-state index < -0.39 is 0 Å². The van der Waals surface area contributed by atoms with Crippen LogP contribution in [0.4, 0.5) is 0 Å². The second kappa shape index (κ2) is 52.2. The van der Waals surface area contributed by atoms with E-state index in [0.29, 0.717) is 13.1 Å². The van der Waals surface area contributed by atoms with Gasteiger partial charge < -0.3 is 23.3 Å². The first-order valence-corrected chi connectivity index (χ1v) is 1.54. The van der Waals surface area contributed by atoms with Crippen molar-refractivity contribution in [3.63, 3.8) is 0 Å². The molecule has 0 fully saturated rings. The van der Waals surface area contributed by atoms with Crippen molar-refractivity contribution < 1.29 is 33.6 Å². The van der Waals surface area contributed by atoms with Crippen LogP contribution in [0.5, 0.6) is 0 Å². The molecule has 0 aliphatic rings. The van der Waals surface area contributed by atoms with Crippen LogP contribution in [0, 0.1) is 11.8 Å². The molecule has 8 heavy (non-hydrogen) atoms. The molecule has 0 aromatic carbocycles. The third-order valence-electron chi connectivity index (χ3n) is 0.167. The van der Waals surface area contributed by atoms with Gasteiger partial charge in [0.05, 0.1) is 0 Å². The third kappa shape index (κ3) is 93.3. The van der Waals surface area contributed by atoms with Crippen LogP contribution in [0.1, 0.15) is 0 Å². The standard InChI is InChI=1S/C2H8N2.CN.Cu.Ni/c3-1-2-4;1-2;;/h1-4H2;;;/q;-1;+1;+2. The van der Waals surface area contributed by atoms with Crippen molar-refractivity contribution in [1.29, 1.82) is 5.26 Å². The van der Waals surface area contributed by atoms with E-state index in [9.17, 15) is 0 Å². The van der Waals surface area contributed by atoms with Crippen molar-refractivity contribution in [3.8, 4) is 0 Å². The molecule has 54 valence electrons. The van der Waals surface area contributed by atoms with Gasteiger partial charge in [-0.15, -0.1) is 0 Å². The Bertz CT molecular complexity index is 31.0. The van der Waals surface area contributed by atoms with Gasteiger partial charge in [0, 0.05) is 13.1 Å². The van der Waals surface area contributed by atoms with Gasteiger partial charge in [0.25, 0.3) is 0 Å². The molecule has 0 amide bonds. The zero-order chi connectivity index (χ0) is 5.41. The second-order valence-corrected chi connectivity index (χ2v) is 0.577. The Kier molecular flexibility index (Phi) is 155. The van der Waals surface area contributed by atoms with E-state index in [1.54, 1.807) is 0 Å². The first-order valence-electron chi connectivity index (χ1n) is 1.54. The normalized spacial score (nSPS) is 4.00. The molecule has 4 N–H and O–H groups in total. The number of nitrogens with two attached hydrogens (primary N) is 2. The van der Waals surface area contributed by atoms with Crippen molar-refractivity contribution in [2.75, 3.05) is 13.1 Å². The van der Waals surface area contributed by atoms with Gasteiger partial charge in [-0.1, -0.05) is 0 Å². The fourth-order valence-electron chi connectivity index (χ4n) is 0. The Balaban J connectivity index is -0.0000000183. The maximum Gasteiger partial charge on any atom is 2.00 e. The minimum absolute atomic E-state index is 0. The van der Waals surface area contributed by atoms with Crippen LogP contribution in [-0.2, 0) is 33.6 Å². The van der Waals surface area contributed by atoms with Crippen molar-refractivity contribution >= 4 is 0 Å². The number of rotatable bonds is 1. The summed E-state index contributed by atoms with van der Waals surface area (Å²) in [5.74, 6) is 0. The summed E-state index contributed by atoms with van der Waals surface area (Å²) in [7, 11) is 0. The molecule has 0 aliphatic carbocycles. The fourth-order valence-corrected chi connectivity index (χ4v) is 0. The average Bonchev–Trinajstić information content (AvgIpc) is 1.72. The largest absolute Gasteiger partial charge is 2.00 e. The predicted molar refractivity (Wildman–Crippen MR) is 23.1 cm³/mol. The summed E-state index contributed by atoms with van der Waals surface area (Å²) in [5, 5.41) is 6.25. The van der Waals surface area contributed by atoms with E-state index in [4.69, 9.17) is 23.3 Å². The van der Waals surface area contributed by atoms with E-state index in [-0.39, 0.29) is 33.6 Å². The van der Waals surface area contributed by atoms with Crippen LogP contribution in [0.2, 0.25) is 0 Å². The Labute approximate surface area is 70.2 Å². The molecule has 0 saturated carbocycles. The van der Waals surface area contributed by atoms with E-state index in [2.05, 4.69) is 0 Å². The van der Waals surface area contributed by atoms with Crippen LogP contribution in [0.25, 0.3) is 0 Å². The molecule has 0 bridgehead atoms. The van der Waals surface area contributed by atoms with Crippen molar-refractivity contribution in [2.24, 2.45) is 11.5 Å². The van der Waals surface area contributed by atoms with Crippen LogP contribution < -0.4 is 11.5 Å². The van der Waals surface area contributed by atoms with Crippen LogP contribution >= 0.6 is 0 Å². The summed E-state index contributed by atoms with van der Waals surface area (Å²) in [5.41, 5.74) is 9.81. The summed E-state index contributed by atoms with van der Waals surface area (Å²) < 4.78 is 0. The minimum atomic E-state index is 0. The number of hydrogen-bond donors (Lipinski definition) is 2. The molecule has 0 radical (unpaired) electrons. The van der Waals surface area contributed by atoms with Crippen molar-refractivity contribution in [3.05, 3.63) is 6.57 Å². The smallest absolute Gasteiger partial charge is 0.512 e. The second-order valence-electron chi connectivity index (χ2n) is 0.577. The van der Waals surface area contributed by atoms with Crippen LogP contribution in [0.3, 0.4) is 0 Å². The molecule has 0 rings (SSSR count). The van der Waals surface area contributed by atoms with Crippen LogP contribution in [-0.4, -0.2) is 13.1 Å². The fraction of sp³-hybridized carbons (Fsp3) is 0.667. The Morgan fingerprint density at radius 2 is 1.25 bits per heavy atom. The van der Waals surface area contributed by atoms with E-state index in [1.807, 2.05) is 0 Å². The van der Waals surface area contributed by atoms with Crippen molar-refractivity contribution in [2.45, 2.75) is 0 Å². The van der Waals surface area contributed by atoms with Gasteiger partial charge in [-0.2, -0.15) is 0 Å². The van der Waals surface area contributed by atoms with E-state index in [1.165, 1.54) is 0 Å². The molecule has 0 spiro atoms. The monoisotopic (exact) mass is 207 g/mol. The SMILES string of the molecule is NCCN.[C-]#N.[Cu+].[Ni+2]. The van der Waals surface area contributed by atoms with Crippen LogP contribution in [0.15, 0.2) is 0 Å². The zero-order valence-corrected chi connectivity index (χ0v) is 6.06. The summed E-state index contributed by atoms with van der Waals surface area (Å²) in [6.45, 7) is 5.94. The Morgan fingerprint density at radius 3 is 1.25 bits per heavy atom. The first kappa shape index (κ1) is 23.7. The quantitative estimate of drug-likeness (QED) is 0.428. The predicted octanol–water partition coefficient (Wildman–Crippen LogP) is -1.00. The molecule has 0 saturated heterocycles. The van der Waals surface area contributed by atoms with E-state index >= 15 is 0 Å². The summed E-state index contributed by atoms with van der Waals surface area (Å²) in [4.78, 5) is 0. The molecule has 5 heteroatoms. The maximum atomic E-state index is 6.25. The zero-order valence-electron chi connectivity index (χ0n) is 4.13. The maximum absolute atomic E-state index is 6.25. The molecule has 0 aliphatic heterocycles. The van der Waals surface area contributed by atoms with Gasteiger partial charge >= 0.3 is 33.6 Å².